The summed E-state index contributed by atoms with van der Waals surface area (Å²) in [7, 11) is 0. The number of halogens is 1. The molecule has 2 fully saturated rings. The first-order valence-electron chi connectivity index (χ1n) is 7.13. The number of aryl methyl sites for hydroxylation is 1. The molecule has 0 amide bonds. The second-order valence-corrected chi connectivity index (χ2v) is 5.42. The Labute approximate surface area is 113 Å². The summed E-state index contributed by atoms with van der Waals surface area (Å²) < 4.78 is 19.8. The smallest absolute Gasteiger partial charge is 0.187 e. The zero-order valence-corrected chi connectivity index (χ0v) is 11.3. The standard InChI is InChI=1S/C14H20FN3O/c1-2-12-13(15)14(17-9-16-12)18(11-3-4-11)7-10-5-6-19-8-10/h9-11H,2-8H2,1H3/t10-/m0/s1. The van der Waals surface area contributed by atoms with E-state index in [0.29, 0.717) is 29.9 Å². The largest absolute Gasteiger partial charge is 0.381 e. The number of hydrogen-bond acceptors (Lipinski definition) is 4. The van der Waals surface area contributed by atoms with Crippen molar-refractivity contribution in [2.45, 2.75) is 38.6 Å². The molecule has 4 nitrogen and oxygen atoms in total. The van der Waals surface area contributed by atoms with E-state index < -0.39 is 0 Å². The van der Waals surface area contributed by atoms with Gasteiger partial charge in [-0.05, 0) is 25.7 Å². The van der Waals surface area contributed by atoms with E-state index in [1.165, 1.54) is 6.33 Å². The maximum Gasteiger partial charge on any atom is 0.187 e. The minimum atomic E-state index is -0.240. The van der Waals surface area contributed by atoms with Crippen molar-refractivity contribution in [3.63, 3.8) is 0 Å². The molecule has 2 heterocycles. The van der Waals surface area contributed by atoms with Gasteiger partial charge in [0, 0.05) is 25.1 Å². The molecule has 2 aliphatic rings. The van der Waals surface area contributed by atoms with E-state index in [-0.39, 0.29) is 5.82 Å². The molecule has 1 saturated carbocycles. The fraction of sp³-hybridized carbons (Fsp3) is 0.714. The van der Waals surface area contributed by atoms with E-state index in [0.717, 1.165) is 39.0 Å². The Bertz CT molecular complexity index is 444. The summed E-state index contributed by atoms with van der Waals surface area (Å²) in [6.45, 7) is 4.38. The van der Waals surface area contributed by atoms with Crippen molar-refractivity contribution in [1.82, 2.24) is 9.97 Å². The van der Waals surface area contributed by atoms with Crippen molar-refractivity contribution in [3.8, 4) is 0 Å². The lowest BCUT2D eigenvalue weighted by atomic mass is 10.1. The molecule has 104 valence electrons. The molecule has 0 N–H and O–H groups in total. The zero-order valence-electron chi connectivity index (χ0n) is 11.3. The summed E-state index contributed by atoms with van der Waals surface area (Å²) in [6, 6.07) is 0.453. The van der Waals surface area contributed by atoms with Crippen molar-refractivity contribution in [1.29, 1.82) is 0 Å². The van der Waals surface area contributed by atoms with Crippen molar-refractivity contribution in [2.75, 3.05) is 24.7 Å². The van der Waals surface area contributed by atoms with Crippen LogP contribution in [0.3, 0.4) is 0 Å². The number of nitrogens with zero attached hydrogens (tertiary/aromatic N) is 3. The molecular formula is C14H20FN3O. The molecule has 1 aliphatic carbocycles. The van der Waals surface area contributed by atoms with Gasteiger partial charge in [0.05, 0.1) is 12.3 Å². The average molecular weight is 265 g/mol. The molecule has 0 unspecified atom stereocenters. The molecule has 1 aromatic rings. The monoisotopic (exact) mass is 265 g/mol. The molecule has 1 aliphatic heterocycles. The lowest BCUT2D eigenvalue weighted by Gasteiger charge is -2.26. The van der Waals surface area contributed by atoms with Gasteiger partial charge in [0.1, 0.15) is 6.33 Å². The SMILES string of the molecule is CCc1ncnc(N(C[C@@H]2CCOC2)C2CC2)c1F. The van der Waals surface area contributed by atoms with Gasteiger partial charge in [-0.15, -0.1) is 0 Å². The van der Waals surface area contributed by atoms with Gasteiger partial charge in [-0.2, -0.15) is 0 Å². The van der Waals surface area contributed by atoms with Crippen LogP contribution in [0.25, 0.3) is 0 Å². The van der Waals surface area contributed by atoms with Gasteiger partial charge >= 0.3 is 0 Å². The van der Waals surface area contributed by atoms with Gasteiger partial charge in [0.15, 0.2) is 11.6 Å². The van der Waals surface area contributed by atoms with Crippen LogP contribution in [-0.2, 0) is 11.2 Å². The van der Waals surface area contributed by atoms with Gasteiger partial charge < -0.3 is 9.64 Å². The Morgan fingerprint density at radius 3 is 2.84 bits per heavy atom. The highest BCUT2D eigenvalue weighted by Gasteiger charge is 2.34. The predicted molar refractivity (Wildman–Crippen MR) is 70.7 cm³/mol. The second-order valence-electron chi connectivity index (χ2n) is 5.42. The van der Waals surface area contributed by atoms with E-state index in [1.807, 2.05) is 6.92 Å². The summed E-state index contributed by atoms with van der Waals surface area (Å²) in [5.41, 5.74) is 0.512. The van der Waals surface area contributed by atoms with Crippen LogP contribution in [-0.4, -0.2) is 35.8 Å². The van der Waals surface area contributed by atoms with Crippen LogP contribution in [0.1, 0.15) is 31.9 Å². The highest BCUT2D eigenvalue weighted by molar-refractivity contribution is 5.44. The molecule has 1 saturated heterocycles. The van der Waals surface area contributed by atoms with Crippen LogP contribution in [0.4, 0.5) is 10.2 Å². The van der Waals surface area contributed by atoms with E-state index in [4.69, 9.17) is 4.74 Å². The predicted octanol–water partition coefficient (Wildman–Crippen LogP) is 2.18. The van der Waals surface area contributed by atoms with E-state index >= 15 is 0 Å². The summed E-state index contributed by atoms with van der Waals surface area (Å²) in [5, 5.41) is 0. The Morgan fingerprint density at radius 2 is 2.21 bits per heavy atom. The third-order valence-corrected chi connectivity index (χ3v) is 3.92. The lowest BCUT2D eigenvalue weighted by Crippen LogP contribution is -2.33. The molecule has 0 radical (unpaired) electrons. The van der Waals surface area contributed by atoms with Crippen LogP contribution in [0.15, 0.2) is 6.33 Å². The molecule has 0 aromatic carbocycles. The molecule has 3 rings (SSSR count). The van der Waals surface area contributed by atoms with Crippen molar-refractivity contribution in [2.24, 2.45) is 5.92 Å². The average Bonchev–Trinajstić information content (AvgIpc) is 3.14. The highest BCUT2D eigenvalue weighted by atomic mass is 19.1. The fourth-order valence-electron chi connectivity index (χ4n) is 2.64. The summed E-state index contributed by atoms with van der Waals surface area (Å²) in [5.74, 6) is 0.747. The molecule has 5 heteroatoms. The molecule has 0 bridgehead atoms. The third kappa shape index (κ3) is 2.71. The Hall–Kier alpha value is -1.23. The van der Waals surface area contributed by atoms with Crippen molar-refractivity contribution >= 4 is 5.82 Å². The quantitative estimate of drug-likeness (QED) is 0.818. The Morgan fingerprint density at radius 1 is 1.37 bits per heavy atom. The zero-order chi connectivity index (χ0) is 13.2. The Balaban J connectivity index is 1.82. The minimum absolute atomic E-state index is 0.240. The first-order chi connectivity index (χ1) is 9.29. The van der Waals surface area contributed by atoms with Crippen LogP contribution < -0.4 is 4.90 Å². The van der Waals surface area contributed by atoms with Gasteiger partial charge in [0.2, 0.25) is 0 Å². The van der Waals surface area contributed by atoms with Crippen LogP contribution in [0, 0.1) is 11.7 Å². The van der Waals surface area contributed by atoms with Crippen LogP contribution in [0.5, 0.6) is 0 Å². The van der Waals surface area contributed by atoms with E-state index in [2.05, 4.69) is 14.9 Å². The maximum absolute atomic E-state index is 14.4. The molecule has 19 heavy (non-hydrogen) atoms. The summed E-state index contributed by atoms with van der Waals surface area (Å²) in [6.07, 6.45) is 5.43. The van der Waals surface area contributed by atoms with E-state index in [1.54, 1.807) is 0 Å². The van der Waals surface area contributed by atoms with Crippen molar-refractivity contribution in [3.05, 3.63) is 17.8 Å². The molecule has 1 atom stereocenters. The minimum Gasteiger partial charge on any atom is -0.381 e. The van der Waals surface area contributed by atoms with Gasteiger partial charge in [-0.25, -0.2) is 14.4 Å². The lowest BCUT2D eigenvalue weighted by molar-refractivity contribution is 0.186. The number of anilines is 1. The van der Waals surface area contributed by atoms with Crippen LogP contribution >= 0.6 is 0 Å². The molecular weight excluding hydrogens is 245 g/mol. The van der Waals surface area contributed by atoms with Crippen molar-refractivity contribution < 1.29 is 9.13 Å². The first-order valence-corrected chi connectivity index (χ1v) is 7.13. The normalized spacial score (nSPS) is 22.7. The number of aromatic nitrogens is 2. The maximum atomic E-state index is 14.4. The Kier molecular flexibility index (Phi) is 3.64. The number of rotatable bonds is 5. The van der Waals surface area contributed by atoms with Gasteiger partial charge in [-0.1, -0.05) is 6.92 Å². The summed E-state index contributed by atoms with van der Waals surface area (Å²) >= 11 is 0. The highest BCUT2D eigenvalue weighted by Crippen LogP contribution is 2.34. The third-order valence-electron chi connectivity index (χ3n) is 3.92. The second kappa shape index (κ2) is 5.41. The number of hydrogen-bond donors (Lipinski definition) is 0. The number of ether oxygens (including phenoxy) is 1. The first kappa shape index (κ1) is 12.8. The molecule has 1 aromatic heterocycles. The van der Waals surface area contributed by atoms with E-state index in [9.17, 15) is 4.39 Å². The fourth-order valence-corrected chi connectivity index (χ4v) is 2.64. The van der Waals surface area contributed by atoms with Gasteiger partial charge in [0.25, 0.3) is 0 Å². The van der Waals surface area contributed by atoms with Crippen LogP contribution in [0.2, 0.25) is 0 Å². The summed E-state index contributed by atoms with van der Waals surface area (Å²) in [4.78, 5) is 10.3. The molecule has 0 spiro atoms. The topological polar surface area (TPSA) is 38.2 Å². The van der Waals surface area contributed by atoms with Gasteiger partial charge in [-0.3, -0.25) is 0 Å².